The normalized spacial score (nSPS) is 11.9. The van der Waals surface area contributed by atoms with E-state index in [1.54, 1.807) is 19.1 Å². The SMILES string of the molecule is CC=Cc1nc(=O)n(CC)c(=O)n1PC. The molecule has 0 N–H and O–H groups in total. The zero-order valence-corrected chi connectivity index (χ0v) is 10.0. The molecule has 0 aliphatic carbocycles. The summed E-state index contributed by atoms with van der Waals surface area (Å²) in [6.07, 6.45) is 3.42. The summed E-state index contributed by atoms with van der Waals surface area (Å²) in [5.74, 6) is 0.429. The summed E-state index contributed by atoms with van der Waals surface area (Å²) < 4.78 is 2.63. The number of aromatic nitrogens is 3. The fraction of sp³-hybridized carbons (Fsp3) is 0.444. The fourth-order valence-electron chi connectivity index (χ4n) is 1.25. The molecule has 0 spiro atoms. The number of allylic oxidation sites excluding steroid dienone is 1. The van der Waals surface area contributed by atoms with Crippen LogP contribution < -0.4 is 11.4 Å². The molecule has 0 bridgehead atoms. The minimum absolute atomic E-state index is 0.264. The highest BCUT2D eigenvalue weighted by molar-refractivity contribution is 7.35. The predicted molar refractivity (Wildman–Crippen MR) is 62.8 cm³/mol. The van der Waals surface area contributed by atoms with E-state index < -0.39 is 5.69 Å². The highest BCUT2D eigenvalue weighted by Gasteiger charge is 2.07. The van der Waals surface area contributed by atoms with E-state index in [0.29, 0.717) is 12.4 Å². The number of rotatable bonds is 3. The lowest BCUT2D eigenvalue weighted by Crippen LogP contribution is -2.40. The van der Waals surface area contributed by atoms with Gasteiger partial charge in [-0.2, -0.15) is 4.98 Å². The molecule has 5 nitrogen and oxygen atoms in total. The van der Waals surface area contributed by atoms with Gasteiger partial charge in [-0.25, -0.2) is 14.2 Å². The Kier molecular flexibility index (Phi) is 3.97. The zero-order chi connectivity index (χ0) is 11.4. The minimum Gasteiger partial charge on any atom is -0.259 e. The lowest BCUT2D eigenvalue weighted by atomic mass is 10.5. The second kappa shape index (κ2) is 5.03. The van der Waals surface area contributed by atoms with Crippen LogP contribution in [0.15, 0.2) is 15.7 Å². The van der Waals surface area contributed by atoms with Crippen molar-refractivity contribution < 1.29 is 0 Å². The second-order valence-electron chi connectivity index (χ2n) is 2.84. The van der Waals surface area contributed by atoms with Crippen LogP contribution in [0.1, 0.15) is 19.7 Å². The van der Waals surface area contributed by atoms with Crippen LogP contribution in [-0.4, -0.2) is 20.6 Å². The van der Waals surface area contributed by atoms with E-state index in [2.05, 4.69) is 4.98 Å². The van der Waals surface area contributed by atoms with Crippen molar-refractivity contribution >= 4 is 14.8 Å². The van der Waals surface area contributed by atoms with Crippen LogP contribution in [0.2, 0.25) is 0 Å². The Bertz CT molecular complexity index is 487. The molecule has 1 atom stereocenters. The molecule has 82 valence electrons. The molecule has 0 fully saturated rings. The fourth-order valence-corrected chi connectivity index (χ4v) is 1.92. The van der Waals surface area contributed by atoms with Crippen molar-refractivity contribution in [2.24, 2.45) is 0 Å². The molecule has 0 aliphatic rings. The van der Waals surface area contributed by atoms with E-state index in [9.17, 15) is 9.59 Å². The standard InChI is InChI=1S/C9H14N3O2P/c1-4-6-7-10-8(13)11(5-2)9(14)12(7)15-3/h4,6,15H,5H2,1-3H3. The molecule has 0 saturated carbocycles. The first kappa shape index (κ1) is 11.9. The van der Waals surface area contributed by atoms with Gasteiger partial charge in [0.15, 0.2) is 0 Å². The summed E-state index contributed by atoms with van der Waals surface area (Å²) in [4.78, 5) is 27.1. The lowest BCUT2D eigenvalue weighted by Gasteiger charge is -2.08. The summed E-state index contributed by atoms with van der Waals surface area (Å²) >= 11 is 0. The average molecular weight is 227 g/mol. The Labute approximate surface area is 89.3 Å². The maximum Gasteiger partial charge on any atom is 0.353 e. The summed E-state index contributed by atoms with van der Waals surface area (Å²) in [7, 11) is 0.264. The van der Waals surface area contributed by atoms with Crippen LogP contribution >= 0.6 is 8.73 Å². The quantitative estimate of drug-likeness (QED) is 0.708. The van der Waals surface area contributed by atoms with Gasteiger partial charge in [0.25, 0.3) is 0 Å². The molecule has 1 rings (SSSR count). The molecule has 0 aliphatic heterocycles. The van der Waals surface area contributed by atoms with E-state index in [0.717, 1.165) is 4.57 Å². The van der Waals surface area contributed by atoms with Crippen LogP contribution in [-0.2, 0) is 6.54 Å². The Balaban J connectivity index is 3.59. The van der Waals surface area contributed by atoms with Crippen molar-refractivity contribution in [3.8, 4) is 0 Å². The van der Waals surface area contributed by atoms with Gasteiger partial charge in [0.2, 0.25) is 0 Å². The molecule has 6 heteroatoms. The maximum absolute atomic E-state index is 11.8. The lowest BCUT2D eigenvalue weighted by molar-refractivity contribution is 0.628. The Morgan fingerprint density at radius 2 is 2.13 bits per heavy atom. The average Bonchev–Trinajstić information content (AvgIpc) is 2.19. The first-order chi connectivity index (χ1) is 7.15. The third-order valence-electron chi connectivity index (χ3n) is 1.95. The van der Waals surface area contributed by atoms with E-state index in [1.807, 2.05) is 13.6 Å². The van der Waals surface area contributed by atoms with E-state index in [1.165, 1.54) is 4.34 Å². The molecule has 1 unspecified atom stereocenters. The molecule has 1 heterocycles. The van der Waals surface area contributed by atoms with Gasteiger partial charge in [-0.1, -0.05) is 6.08 Å². The molecule has 1 aromatic rings. The summed E-state index contributed by atoms with van der Waals surface area (Å²) in [5, 5.41) is 0. The van der Waals surface area contributed by atoms with Crippen molar-refractivity contribution in [2.75, 3.05) is 6.66 Å². The second-order valence-corrected chi connectivity index (χ2v) is 3.73. The number of hydrogen-bond acceptors (Lipinski definition) is 3. The molecule has 0 saturated heterocycles. The molecule has 0 radical (unpaired) electrons. The number of hydrogen-bond donors (Lipinski definition) is 0. The van der Waals surface area contributed by atoms with Crippen LogP contribution in [0, 0.1) is 0 Å². The molecular weight excluding hydrogens is 213 g/mol. The largest absolute Gasteiger partial charge is 0.353 e. The summed E-state index contributed by atoms with van der Waals surface area (Å²) in [6, 6.07) is 0. The van der Waals surface area contributed by atoms with Crippen molar-refractivity contribution in [3.05, 3.63) is 32.9 Å². The Morgan fingerprint density at radius 1 is 1.47 bits per heavy atom. The number of nitrogens with zero attached hydrogens (tertiary/aromatic N) is 3. The summed E-state index contributed by atoms with van der Waals surface area (Å²) in [5.41, 5.74) is -0.767. The van der Waals surface area contributed by atoms with E-state index in [-0.39, 0.29) is 14.4 Å². The van der Waals surface area contributed by atoms with Gasteiger partial charge in [-0.3, -0.25) is 4.34 Å². The zero-order valence-electron chi connectivity index (χ0n) is 9.02. The van der Waals surface area contributed by atoms with Crippen molar-refractivity contribution in [1.29, 1.82) is 0 Å². The Hall–Kier alpha value is -1.22. The third-order valence-corrected chi connectivity index (χ3v) is 2.82. The maximum atomic E-state index is 11.8. The highest BCUT2D eigenvalue weighted by atomic mass is 31.1. The van der Waals surface area contributed by atoms with Crippen molar-refractivity contribution in [1.82, 2.24) is 13.9 Å². The molecule has 0 amide bonds. The van der Waals surface area contributed by atoms with Gasteiger partial charge >= 0.3 is 11.4 Å². The van der Waals surface area contributed by atoms with Crippen molar-refractivity contribution in [3.63, 3.8) is 0 Å². The predicted octanol–water partition coefficient (Wildman–Crippen LogP) is 0.529. The van der Waals surface area contributed by atoms with E-state index >= 15 is 0 Å². The van der Waals surface area contributed by atoms with Gasteiger partial charge in [-0.15, -0.1) is 0 Å². The van der Waals surface area contributed by atoms with Crippen LogP contribution in [0.25, 0.3) is 6.08 Å². The third kappa shape index (κ3) is 2.23. The van der Waals surface area contributed by atoms with Gasteiger partial charge in [0.05, 0.1) is 0 Å². The van der Waals surface area contributed by atoms with Crippen molar-refractivity contribution in [2.45, 2.75) is 20.4 Å². The van der Waals surface area contributed by atoms with Gasteiger partial charge in [0.1, 0.15) is 5.82 Å². The molecule has 1 aromatic heterocycles. The van der Waals surface area contributed by atoms with Gasteiger partial charge in [0, 0.05) is 6.54 Å². The minimum atomic E-state index is -0.481. The highest BCUT2D eigenvalue weighted by Crippen LogP contribution is 2.07. The van der Waals surface area contributed by atoms with Crippen LogP contribution in [0.3, 0.4) is 0 Å². The van der Waals surface area contributed by atoms with Gasteiger partial charge in [-0.05, 0) is 35.3 Å². The summed E-state index contributed by atoms with van der Waals surface area (Å²) in [6.45, 7) is 5.80. The smallest absolute Gasteiger partial charge is 0.259 e. The van der Waals surface area contributed by atoms with E-state index in [4.69, 9.17) is 0 Å². The first-order valence-corrected chi connectivity index (χ1v) is 6.14. The molecular formula is C9H14N3O2P. The van der Waals surface area contributed by atoms with Crippen LogP contribution in [0.4, 0.5) is 0 Å². The molecule has 0 aromatic carbocycles. The Morgan fingerprint density at radius 3 is 2.60 bits per heavy atom. The monoisotopic (exact) mass is 227 g/mol. The topological polar surface area (TPSA) is 56.9 Å². The van der Waals surface area contributed by atoms with Crippen LogP contribution in [0.5, 0.6) is 0 Å². The van der Waals surface area contributed by atoms with Gasteiger partial charge < -0.3 is 0 Å². The first-order valence-electron chi connectivity index (χ1n) is 4.70. The molecule has 15 heavy (non-hydrogen) atoms.